The second-order valence-corrected chi connectivity index (χ2v) is 6.34. The van der Waals surface area contributed by atoms with Crippen LogP contribution in [0.5, 0.6) is 0 Å². The molecule has 4 rings (SSSR count). The van der Waals surface area contributed by atoms with E-state index in [0.29, 0.717) is 26.2 Å². The number of benzene rings is 1. The number of piperazine rings is 1. The molecule has 7 heteroatoms. The molecule has 0 bridgehead atoms. The van der Waals surface area contributed by atoms with Gasteiger partial charge in [-0.15, -0.1) is 0 Å². The molecule has 0 radical (unpaired) electrons. The molecule has 0 unspecified atom stereocenters. The van der Waals surface area contributed by atoms with Crippen molar-refractivity contribution in [3.8, 4) is 11.3 Å². The molecule has 2 fully saturated rings. The van der Waals surface area contributed by atoms with Gasteiger partial charge in [-0.05, 0) is 0 Å². The lowest BCUT2D eigenvalue weighted by Gasteiger charge is -2.41. The maximum atomic E-state index is 12.5. The number of carbonyl (C=O) groups is 2. The van der Waals surface area contributed by atoms with Gasteiger partial charge in [-0.3, -0.25) is 9.59 Å². The molecule has 3 heterocycles. The van der Waals surface area contributed by atoms with Crippen LogP contribution in [0, 0.1) is 5.92 Å². The molecule has 2 amide bonds. The Bertz CT molecular complexity index is 789. The second-order valence-electron chi connectivity index (χ2n) is 6.34. The van der Waals surface area contributed by atoms with Gasteiger partial charge in [0.05, 0.1) is 18.2 Å². The molecule has 0 atom stereocenters. The fraction of sp³-hybridized carbons (Fsp3) is 0.333. The van der Waals surface area contributed by atoms with Gasteiger partial charge in [-0.1, -0.05) is 30.3 Å². The molecule has 2 aromatic rings. The zero-order valence-corrected chi connectivity index (χ0v) is 13.8. The number of nitrogens with one attached hydrogen (secondary N) is 1. The van der Waals surface area contributed by atoms with Gasteiger partial charge in [0.15, 0.2) is 0 Å². The summed E-state index contributed by atoms with van der Waals surface area (Å²) >= 11 is 0. The van der Waals surface area contributed by atoms with Crippen molar-refractivity contribution in [2.24, 2.45) is 5.92 Å². The predicted molar refractivity (Wildman–Crippen MR) is 92.8 cm³/mol. The Kier molecular flexibility index (Phi) is 4.05. The fourth-order valence-corrected chi connectivity index (χ4v) is 3.19. The molecule has 2 aliphatic rings. The van der Waals surface area contributed by atoms with E-state index in [9.17, 15) is 9.59 Å². The topological polar surface area (TPSA) is 78.4 Å². The van der Waals surface area contributed by atoms with Gasteiger partial charge in [0.2, 0.25) is 11.8 Å². The summed E-state index contributed by atoms with van der Waals surface area (Å²) in [7, 11) is 0. The molecule has 25 heavy (non-hydrogen) atoms. The van der Waals surface area contributed by atoms with Crippen LogP contribution in [0.3, 0.4) is 0 Å². The minimum absolute atomic E-state index is 0.0587. The van der Waals surface area contributed by atoms with Crippen LogP contribution in [0.4, 0.5) is 5.82 Å². The lowest BCUT2D eigenvalue weighted by atomic mass is 9.98. The van der Waals surface area contributed by atoms with Crippen LogP contribution in [-0.2, 0) is 9.59 Å². The zero-order chi connectivity index (χ0) is 17.2. The van der Waals surface area contributed by atoms with Gasteiger partial charge in [0.25, 0.3) is 0 Å². The van der Waals surface area contributed by atoms with Crippen molar-refractivity contribution in [3.63, 3.8) is 0 Å². The largest absolute Gasteiger partial charge is 0.355 e. The van der Waals surface area contributed by atoms with Gasteiger partial charge in [-0.25, -0.2) is 9.97 Å². The monoisotopic (exact) mass is 337 g/mol. The molecule has 1 aromatic heterocycles. The highest BCUT2D eigenvalue weighted by molar-refractivity contribution is 5.88. The van der Waals surface area contributed by atoms with E-state index in [4.69, 9.17) is 0 Å². The van der Waals surface area contributed by atoms with Crippen LogP contribution in [-0.4, -0.2) is 59.4 Å². The third-order valence-electron chi connectivity index (χ3n) is 4.63. The highest BCUT2D eigenvalue weighted by Crippen LogP contribution is 2.27. The first-order valence-corrected chi connectivity index (χ1v) is 8.38. The quantitative estimate of drug-likeness (QED) is 0.884. The Balaban J connectivity index is 1.41. The molecule has 2 saturated heterocycles. The number of hydrogen-bond donors (Lipinski definition) is 1. The van der Waals surface area contributed by atoms with E-state index in [1.54, 1.807) is 11.2 Å². The van der Waals surface area contributed by atoms with Crippen LogP contribution in [0.15, 0.2) is 42.7 Å². The summed E-state index contributed by atoms with van der Waals surface area (Å²) in [4.78, 5) is 36.3. The number of anilines is 1. The Morgan fingerprint density at radius 3 is 2.72 bits per heavy atom. The van der Waals surface area contributed by atoms with Crippen molar-refractivity contribution >= 4 is 17.6 Å². The average molecular weight is 337 g/mol. The highest BCUT2D eigenvalue weighted by atomic mass is 16.2. The van der Waals surface area contributed by atoms with Crippen LogP contribution in [0.1, 0.15) is 0 Å². The van der Waals surface area contributed by atoms with E-state index in [0.717, 1.165) is 17.1 Å². The molecule has 0 aliphatic carbocycles. The number of rotatable bonds is 3. The maximum Gasteiger partial charge on any atom is 0.239 e. The number of amides is 2. The van der Waals surface area contributed by atoms with Gasteiger partial charge >= 0.3 is 0 Å². The van der Waals surface area contributed by atoms with Gasteiger partial charge < -0.3 is 15.1 Å². The zero-order valence-electron chi connectivity index (χ0n) is 13.8. The summed E-state index contributed by atoms with van der Waals surface area (Å²) < 4.78 is 0. The van der Waals surface area contributed by atoms with E-state index in [-0.39, 0.29) is 24.3 Å². The van der Waals surface area contributed by atoms with Gasteiger partial charge in [0, 0.05) is 37.8 Å². The molecule has 1 aromatic carbocycles. The highest BCUT2D eigenvalue weighted by Gasteiger charge is 2.37. The number of hydrogen-bond acceptors (Lipinski definition) is 5. The SMILES string of the molecule is O=C1CN(C(=O)C2CN(c3cc(-c4ccccc4)ncn3)C2)CCN1. The van der Waals surface area contributed by atoms with Crippen LogP contribution < -0.4 is 10.2 Å². The molecule has 7 nitrogen and oxygen atoms in total. The first-order chi connectivity index (χ1) is 12.2. The Labute approximate surface area is 145 Å². The fourth-order valence-electron chi connectivity index (χ4n) is 3.19. The molecular formula is C18H19N5O2. The molecular weight excluding hydrogens is 318 g/mol. The van der Waals surface area contributed by atoms with Crippen LogP contribution >= 0.6 is 0 Å². The van der Waals surface area contributed by atoms with Crippen molar-refractivity contribution in [1.82, 2.24) is 20.2 Å². The van der Waals surface area contributed by atoms with Crippen LogP contribution in [0.25, 0.3) is 11.3 Å². The van der Waals surface area contributed by atoms with E-state index < -0.39 is 0 Å². The van der Waals surface area contributed by atoms with Crippen LogP contribution in [0.2, 0.25) is 0 Å². The Morgan fingerprint density at radius 2 is 1.96 bits per heavy atom. The Hall–Kier alpha value is -2.96. The van der Waals surface area contributed by atoms with E-state index in [1.807, 2.05) is 36.4 Å². The van der Waals surface area contributed by atoms with Gasteiger partial charge in [0.1, 0.15) is 12.1 Å². The van der Waals surface area contributed by atoms with E-state index >= 15 is 0 Å². The normalized spacial score (nSPS) is 17.8. The molecule has 1 N–H and O–H groups in total. The summed E-state index contributed by atoms with van der Waals surface area (Å²) in [5, 5.41) is 2.74. The third kappa shape index (κ3) is 3.17. The molecule has 128 valence electrons. The minimum atomic E-state index is -0.0842. The number of carbonyl (C=O) groups excluding carboxylic acids is 2. The average Bonchev–Trinajstić information content (AvgIpc) is 2.61. The van der Waals surface area contributed by atoms with E-state index in [1.165, 1.54) is 0 Å². The number of nitrogens with zero attached hydrogens (tertiary/aromatic N) is 4. The van der Waals surface area contributed by atoms with Crippen molar-refractivity contribution in [2.45, 2.75) is 0 Å². The predicted octanol–water partition coefficient (Wildman–Crippen LogP) is 0.538. The van der Waals surface area contributed by atoms with Crippen molar-refractivity contribution < 1.29 is 9.59 Å². The van der Waals surface area contributed by atoms with Crippen molar-refractivity contribution in [3.05, 3.63) is 42.7 Å². The standard InChI is InChI=1S/C18H19N5O2/c24-17-11-22(7-6-19-17)18(25)14-9-23(10-14)16-8-15(20-12-21-16)13-4-2-1-3-5-13/h1-5,8,12,14H,6-7,9-11H2,(H,19,24). The van der Waals surface area contributed by atoms with Crippen molar-refractivity contribution in [2.75, 3.05) is 37.6 Å². The van der Waals surface area contributed by atoms with Crippen molar-refractivity contribution in [1.29, 1.82) is 0 Å². The Morgan fingerprint density at radius 1 is 1.16 bits per heavy atom. The molecule has 0 saturated carbocycles. The summed E-state index contributed by atoms with van der Waals surface area (Å²) in [6.07, 6.45) is 1.56. The summed E-state index contributed by atoms with van der Waals surface area (Å²) in [5.74, 6) is 0.734. The minimum Gasteiger partial charge on any atom is -0.355 e. The third-order valence-corrected chi connectivity index (χ3v) is 4.63. The lowest BCUT2D eigenvalue weighted by Crippen LogP contribution is -2.58. The summed E-state index contributed by atoms with van der Waals surface area (Å²) in [6.45, 7) is 2.55. The maximum absolute atomic E-state index is 12.5. The molecule has 2 aliphatic heterocycles. The van der Waals surface area contributed by atoms with Gasteiger partial charge in [-0.2, -0.15) is 0 Å². The second kappa shape index (κ2) is 6.51. The summed E-state index contributed by atoms with van der Waals surface area (Å²) in [6, 6.07) is 11.9. The molecule has 0 spiro atoms. The smallest absolute Gasteiger partial charge is 0.239 e. The first-order valence-electron chi connectivity index (χ1n) is 8.38. The van der Waals surface area contributed by atoms with E-state index in [2.05, 4.69) is 20.2 Å². The number of aromatic nitrogens is 2. The first kappa shape index (κ1) is 15.6. The summed E-state index contributed by atoms with van der Waals surface area (Å²) in [5.41, 5.74) is 1.91. The lowest BCUT2D eigenvalue weighted by molar-refractivity contribution is -0.142.